The number of ether oxygens (including phenoxy) is 1. The van der Waals surface area contributed by atoms with Crippen molar-refractivity contribution in [3.05, 3.63) is 68.2 Å². The maximum Gasteiger partial charge on any atom is 0.192 e. The Morgan fingerprint density at radius 2 is 1.83 bits per heavy atom. The third-order valence-corrected chi connectivity index (χ3v) is 7.39. The molecule has 7 heteroatoms. The number of nitrogens with zero attached hydrogens (tertiary/aromatic N) is 2. The van der Waals surface area contributed by atoms with E-state index in [0.717, 1.165) is 31.6 Å². The lowest BCUT2D eigenvalue weighted by molar-refractivity contribution is 0.195. The molecule has 1 saturated heterocycles. The Balaban J connectivity index is 1.84. The molecule has 1 unspecified atom stereocenters. The number of aliphatic hydroxyl groups excluding tert-OH is 1. The summed E-state index contributed by atoms with van der Waals surface area (Å²) >= 11 is 6.31. The van der Waals surface area contributed by atoms with Crippen LogP contribution in [0.2, 0.25) is 5.02 Å². The van der Waals surface area contributed by atoms with Gasteiger partial charge >= 0.3 is 0 Å². The number of pyridine rings is 1. The van der Waals surface area contributed by atoms with E-state index in [9.17, 15) is 9.90 Å². The van der Waals surface area contributed by atoms with E-state index in [1.165, 1.54) is 6.42 Å². The number of aliphatic hydroxyl groups is 1. The fourth-order valence-corrected chi connectivity index (χ4v) is 5.31. The van der Waals surface area contributed by atoms with Gasteiger partial charge in [0.1, 0.15) is 11.6 Å². The second-order valence-corrected chi connectivity index (χ2v) is 10.3. The minimum Gasteiger partial charge on any atom is -0.496 e. The first-order valence-corrected chi connectivity index (χ1v) is 12.7. The lowest BCUT2D eigenvalue weighted by atomic mass is 9.98. The quantitative estimate of drug-likeness (QED) is 0.440. The van der Waals surface area contributed by atoms with E-state index in [4.69, 9.17) is 16.3 Å². The van der Waals surface area contributed by atoms with Crippen LogP contribution < -0.4 is 15.1 Å². The summed E-state index contributed by atoms with van der Waals surface area (Å²) in [6.07, 6.45) is 5.47. The van der Waals surface area contributed by atoms with Gasteiger partial charge in [-0.2, -0.15) is 0 Å². The fraction of sp³-hybridized carbons (Fsp3) is 0.464. The standard InChI is InChI=1S/C28H34ClFN2O3/c1-17(2)25(16-33)32-15-18(3)28(34)22-12-19(26(35-4)14-24(22)32)10-20-11-21(13-23(29)27(20)30)31-8-6-5-7-9-31/h11-15,17,25,33H,5-10,16H2,1-4H3. The molecule has 0 bridgehead atoms. The summed E-state index contributed by atoms with van der Waals surface area (Å²) in [6, 6.07) is 7.00. The van der Waals surface area contributed by atoms with E-state index in [-0.39, 0.29) is 35.4 Å². The highest BCUT2D eigenvalue weighted by atomic mass is 35.5. The molecule has 0 spiro atoms. The minimum absolute atomic E-state index is 0.0495. The van der Waals surface area contributed by atoms with E-state index in [1.807, 2.05) is 30.5 Å². The van der Waals surface area contributed by atoms with Crippen LogP contribution in [0.15, 0.2) is 35.3 Å². The molecule has 1 atom stereocenters. The number of piperidine rings is 1. The number of halogens is 2. The SMILES string of the molecule is COc1cc2c(cc1Cc1cc(N3CCCCC3)cc(Cl)c1F)c(=O)c(C)cn2C(CO)C(C)C. The zero-order valence-corrected chi connectivity index (χ0v) is 21.7. The Morgan fingerprint density at radius 1 is 1.11 bits per heavy atom. The molecular formula is C28H34ClFN2O3. The van der Waals surface area contributed by atoms with Crippen molar-refractivity contribution in [3.8, 4) is 5.75 Å². The van der Waals surface area contributed by atoms with E-state index in [0.29, 0.717) is 33.3 Å². The number of methoxy groups -OCH3 is 1. The van der Waals surface area contributed by atoms with E-state index in [1.54, 1.807) is 32.4 Å². The van der Waals surface area contributed by atoms with Gasteiger partial charge in [-0.1, -0.05) is 25.4 Å². The molecular weight excluding hydrogens is 467 g/mol. The van der Waals surface area contributed by atoms with Crippen LogP contribution in [0.4, 0.5) is 10.1 Å². The largest absolute Gasteiger partial charge is 0.496 e. The highest BCUT2D eigenvalue weighted by Crippen LogP contribution is 2.34. The lowest BCUT2D eigenvalue weighted by Gasteiger charge is -2.29. The van der Waals surface area contributed by atoms with Crippen molar-refractivity contribution in [2.24, 2.45) is 5.92 Å². The fourth-order valence-electron chi connectivity index (χ4n) is 5.08. The molecule has 5 nitrogen and oxygen atoms in total. The number of aromatic nitrogens is 1. The summed E-state index contributed by atoms with van der Waals surface area (Å²) < 4.78 is 22.8. The van der Waals surface area contributed by atoms with Gasteiger partial charge in [-0.05, 0) is 61.4 Å². The minimum atomic E-state index is -0.448. The Hall–Kier alpha value is -2.57. The second kappa shape index (κ2) is 10.6. The number of benzene rings is 2. The predicted molar refractivity (Wildman–Crippen MR) is 141 cm³/mol. The van der Waals surface area contributed by atoms with Crippen LogP contribution in [0, 0.1) is 18.7 Å². The molecule has 0 saturated carbocycles. The van der Waals surface area contributed by atoms with Crippen molar-refractivity contribution in [3.63, 3.8) is 0 Å². The van der Waals surface area contributed by atoms with Crippen LogP contribution in [0.3, 0.4) is 0 Å². The van der Waals surface area contributed by atoms with Gasteiger partial charge in [0.05, 0.1) is 30.3 Å². The van der Waals surface area contributed by atoms with Gasteiger partial charge in [-0.3, -0.25) is 4.79 Å². The molecule has 0 amide bonds. The lowest BCUT2D eigenvalue weighted by Crippen LogP contribution is -2.29. The number of hydrogen-bond acceptors (Lipinski definition) is 4. The monoisotopic (exact) mass is 500 g/mol. The predicted octanol–water partition coefficient (Wildman–Crippen LogP) is 5.88. The van der Waals surface area contributed by atoms with Crippen LogP contribution in [-0.2, 0) is 6.42 Å². The third-order valence-electron chi connectivity index (χ3n) is 7.12. The zero-order chi connectivity index (χ0) is 25.3. The van der Waals surface area contributed by atoms with Gasteiger partial charge in [-0.25, -0.2) is 4.39 Å². The number of fused-ring (bicyclic) bond motifs is 1. The first-order valence-electron chi connectivity index (χ1n) is 12.3. The van der Waals surface area contributed by atoms with Crippen molar-refractivity contribution in [2.75, 3.05) is 31.7 Å². The summed E-state index contributed by atoms with van der Waals surface area (Å²) in [5.41, 5.74) is 3.31. The molecule has 188 valence electrons. The van der Waals surface area contributed by atoms with Gasteiger partial charge in [-0.15, -0.1) is 0 Å². The molecule has 0 aliphatic carbocycles. The van der Waals surface area contributed by atoms with E-state index < -0.39 is 5.82 Å². The van der Waals surface area contributed by atoms with Crippen LogP contribution in [0.25, 0.3) is 10.9 Å². The summed E-state index contributed by atoms with van der Waals surface area (Å²) in [5, 5.41) is 10.7. The van der Waals surface area contributed by atoms with E-state index >= 15 is 4.39 Å². The number of hydrogen-bond donors (Lipinski definition) is 1. The van der Waals surface area contributed by atoms with Crippen molar-refractivity contribution in [1.82, 2.24) is 4.57 Å². The Kier molecular flexibility index (Phi) is 7.72. The van der Waals surface area contributed by atoms with Gasteiger partial charge in [0.15, 0.2) is 5.43 Å². The van der Waals surface area contributed by atoms with Gasteiger partial charge in [0.2, 0.25) is 0 Å². The molecule has 2 aromatic carbocycles. The molecule has 1 aliphatic heterocycles. The molecule has 35 heavy (non-hydrogen) atoms. The number of rotatable bonds is 7. The molecule has 2 heterocycles. The smallest absolute Gasteiger partial charge is 0.192 e. The van der Waals surface area contributed by atoms with Crippen molar-refractivity contribution >= 4 is 28.2 Å². The highest BCUT2D eigenvalue weighted by Gasteiger charge is 2.21. The number of anilines is 1. The topological polar surface area (TPSA) is 54.7 Å². The molecule has 1 aliphatic rings. The van der Waals surface area contributed by atoms with Crippen LogP contribution in [0.1, 0.15) is 55.8 Å². The van der Waals surface area contributed by atoms with Crippen molar-refractivity contribution in [2.45, 2.75) is 52.5 Å². The molecule has 1 N–H and O–H groups in total. The first-order chi connectivity index (χ1) is 16.7. The van der Waals surface area contributed by atoms with Crippen LogP contribution in [0.5, 0.6) is 5.75 Å². The molecule has 4 rings (SSSR count). The van der Waals surface area contributed by atoms with Crippen LogP contribution in [-0.4, -0.2) is 36.5 Å². The normalized spacial score (nSPS) is 15.1. The van der Waals surface area contributed by atoms with Gasteiger partial charge in [0, 0.05) is 48.4 Å². The van der Waals surface area contributed by atoms with Crippen molar-refractivity contribution < 1.29 is 14.2 Å². The Morgan fingerprint density at radius 3 is 2.46 bits per heavy atom. The Bertz CT molecular complexity index is 1280. The van der Waals surface area contributed by atoms with Crippen LogP contribution >= 0.6 is 11.6 Å². The third kappa shape index (κ3) is 5.05. The molecule has 0 radical (unpaired) electrons. The molecule has 1 fully saturated rings. The average molecular weight is 501 g/mol. The van der Waals surface area contributed by atoms with Crippen molar-refractivity contribution in [1.29, 1.82) is 0 Å². The van der Waals surface area contributed by atoms with Gasteiger partial charge < -0.3 is 19.3 Å². The highest BCUT2D eigenvalue weighted by molar-refractivity contribution is 6.31. The summed E-state index contributed by atoms with van der Waals surface area (Å²) in [5.74, 6) is 0.273. The molecule has 3 aromatic rings. The molecule has 1 aromatic heterocycles. The number of aryl methyl sites for hydroxylation is 1. The maximum atomic E-state index is 15.1. The maximum absolute atomic E-state index is 15.1. The Labute approximate surface area is 211 Å². The average Bonchev–Trinajstić information content (AvgIpc) is 2.85. The zero-order valence-electron chi connectivity index (χ0n) is 20.9. The van der Waals surface area contributed by atoms with Gasteiger partial charge in [0.25, 0.3) is 0 Å². The second-order valence-electron chi connectivity index (χ2n) is 9.85. The van der Waals surface area contributed by atoms with E-state index in [2.05, 4.69) is 4.90 Å². The summed E-state index contributed by atoms with van der Waals surface area (Å²) in [7, 11) is 1.57. The summed E-state index contributed by atoms with van der Waals surface area (Å²) in [6.45, 7) is 7.66. The first kappa shape index (κ1) is 25.5. The summed E-state index contributed by atoms with van der Waals surface area (Å²) in [4.78, 5) is 15.4.